The molecule has 1 amide bonds. The predicted molar refractivity (Wildman–Crippen MR) is 98.2 cm³/mol. The van der Waals surface area contributed by atoms with Crippen LogP contribution in [0.1, 0.15) is 16.1 Å². The normalized spacial score (nSPS) is 10.5. The number of hydrogen-bond acceptors (Lipinski definition) is 4. The minimum atomic E-state index is -0.223. The first kappa shape index (κ1) is 16.5. The molecule has 4 nitrogen and oxygen atoms in total. The number of rotatable bonds is 4. The molecule has 122 valence electrons. The molecule has 0 atom stereocenters. The van der Waals surface area contributed by atoms with Gasteiger partial charge in [0.05, 0.1) is 34.0 Å². The number of carbonyl (C=O) groups is 1. The number of pyridine rings is 1. The van der Waals surface area contributed by atoms with Gasteiger partial charge in [-0.05, 0) is 48.7 Å². The van der Waals surface area contributed by atoms with Crippen molar-refractivity contribution < 1.29 is 9.53 Å². The summed E-state index contributed by atoms with van der Waals surface area (Å²) in [5.74, 6) is 0.340. The Bertz CT molecular complexity index is 879. The number of benzene rings is 1. The van der Waals surface area contributed by atoms with E-state index < -0.39 is 0 Å². The fourth-order valence-corrected chi connectivity index (χ4v) is 3.26. The fourth-order valence-electron chi connectivity index (χ4n) is 2.31. The average molecular weight is 359 g/mol. The molecule has 0 saturated carbocycles. The second-order valence-electron chi connectivity index (χ2n) is 5.11. The van der Waals surface area contributed by atoms with E-state index in [1.54, 1.807) is 42.7 Å². The minimum absolute atomic E-state index is 0.223. The van der Waals surface area contributed by atoms with E-state index in [1.165, 1.54) is 0 Å². The Kier molecular flexibility index (Phi) is 4.83. The van der Waals surface area contributed by atoms with Crippen molar-refractivity contribution in [3.05, 3.63) is 64.1 Å². The molecule has 1 aromatic carbocycles. The smallest absolute Gasteiger partial charge is 0.257 e. The Hall–Kier alpha value is -2.37. The van der Waals surface area contributed by atoms with Crippen LogP contribution in [0.4, 0.5) is 5.69 Å². The maximum Gasteiger partial charge on any atom is 0.257 e. The number of nitrogens with one attached hydrogen (secondary N) is 1. The standard InChI is InChI=1S/C18H15ClN2O2S/c1-11-13(6-7-15(20-11)17-4-3-9-24-17)18(22)21-12-5-8-16(23-2)14(19)10-12/h3-10H,1-2H3,(H,21,22). The van der Waals surface area contributed by atoms with Gasteiger partial charge in [-0.1, -0.05) is 17.7 Å². The quantitative estimate of drug-likeness (QED) is 0.711. The van der Waals surface area contributed by atoms with Gasteiger partial charge >= 0.3 is 0 Å². The zero-order valence-electron chi connectivity index (χ0n) is 13.2. The molecule has 24 heavy (non-hydrogen) atoms. The third-order valence-corrected chi connectivity index (χ3v) is 4.70. The number of carbonyl (C=O) groups excluding carboxylic acids is 1. The number of methoxy groups -OCH3 is 1. The van der Waals surface area contributed by atoms with Gasteiger partial charge in [0.25, 0.3) is 5.91 Å². The number of nitrogens with zero attached hydrogens (tertiary/aromatic N) is 1. The molecule has 0 spiro atoms. The van der Waals surface area contributed by atoms with Gasteiger partial charge in [0.2, 0.25) is 0 Å². The van der Waals surface area contributed by atoms with Crippen LogP contribution >= 0.6 is 22.9 Å². The fraction of sp³-hybridized carbons (Fsp3) is 0.111. The van der Waals surface area contributed by atoms with Gasteiger partial charge < -0.3 is 10.1 Å². The van der Waals surface area contributed by atoms with Crippen molar-refractivity contribution in [2.75, 3.05) is 12.4 Å². The summed E-state index contributed by atoms with van der Waals surface area (Å²) < 4.78 is 5.10. The van der Waals surface area contributed by atoms with Crippen LogP contribution in [0.15, 0.2) is 47.8 Å². The van der Waals surface area contributed by atoms with E-state index in [1.807, 2.05) is 30.5 Å². The third kappa shape index (κ3) is 3.42. The van der Waals surface area contributed by atoms with E-state index in [-0.39, 0.29) is 5.91 Å². The Balaban J connectivity index is 1.81. The van der Waals surface area contributed by atoms with Gasteiger partial charge in [-0.3, -0.25) is 9.78 Å². The highest BCUT2D eigenvalue weighted by molar-refractivity contribution is 7.13. The lowest BCUT2D eigenvalue weighted by atomic mass is 10.1. The molecular weight excluding hydrogens is 344 g/mol. The summed E-state index contributed by atoms with van der Waals surface area (Å²) >= 11 is 7.70. The lowest BCUT2D eigenvalue weighted by molar-refractivity contribution is 0.102. The van der Waals surface area contributed by atoms with E-state index >= 15 is 0 Å². The largest absolute Gasteiger partial charge is 0.495 e. The number of amides is 1. The third-order valence-electron chi connectivity index (χ3n) is 3.51. The zero-order valence-corrected chi connectivity index (χ0v) is 14.7. The lowest BCUT2D eigenvalue weighted by Crippen LogP contribution is -2.14. The van der Waals surface area contributed by atoms with Crippen LogP contribution in [0.2, 0.25) is 5.02 Å². The van der Waals surface area contributed by atoms with E-state index in [9.17, 15) is 4.79 Å². The first-order valence-electron chi connectivity index (χ1n) is 7.25. The maximum atomic E-state index is 12.5. The second-order valence-corrected chi connectivity index (χ2v) is 6.47. The molecule has 1 N–H and O–H groups in total. The number of halogens is 1. The van der Waals surface area contributed by atoms with Crippen LogP contribution in [0.3, 0.4) is 0 Å². The Labute approximate surface area is 149 Å². The molecular formula is C18H15ClN2O2S. The molecule has 0 bridgehead atoms. The Morgan fingerprint density at radius 1 is 1.25 bits per heavy atom. The van der Waals surface area contributed by atoms with E-state index in [0.717, 1.165) is 10.6 Å². The van der Waals surface area contributed by atoms with Crippen LogP contribution in [-0.2, 0) is 0 Å². The topological polar surface area (TPSA) is 51.2 Å². The number of ether oxygens (including phenoxy) is 1. The highest BCUT2D eigenvalue weighted by atomic mass is 35.5. The van der Waals surface area contributed by atoms with Crippen LogP contribution in [0.25, 0.3) is 10.6 Å². The Morgan fingerprint density at radius 2 is 2.08 bits per heavy atom. The molecule has 0 aliphatic heterocycles. The molecule has 0 fully saturated rings. The first-order valence-corrected chi connectivity index (χ1v) is 8.50. The molecule has 0 saturated heterocycles. The maximum absolute atomic E-state index is 12.5. The highest BCUT2D eigenvalue weighted by Gasteiger charge is 2.13. The predicted octanol–water partition coefficient (Wildman–Crippen LogP) is 5.03. The van der Waals surface area contributed by atoms with Crippen molar-refractivity contribution in [3.8, 4) is 16.3 Å². The SMILES string of the molecule is COc1ccc(NC(=O)c2ccc(-c3cccs3)nc2C)cc1Cl. The van der Waals surface area contributed by atoms with E-state index in [0.29, 0.717) is 27.7 Å². The number of aryl methyl sites for hydroxylation is 1. The number of hydrogen-bond donors (Lipinski definition) is 1. The van der Waals surface area contributed by atoms with E-state index in [4.69, 9.17) is 16.3 Å². The second kappa shape index (κ2) is 7.03. The summed E-state index contributed by atoms with van der Waals surface area (Å²) in [6.07, 6.45) is 0. The van der Waals surface area contributed by atoms with Gasteiger partial charge in [-0.15, -0.1) is 11.3 Å². The van der Waals surface area contributed by atoms with Gasteiger partial charge in [-0.2, -0.15) is 0 Å². The lowest BCUT2D eigenvalue weighted by Gasteiger charge is -2.10. The summed E-state index contributed by atoms with van der Waals surface area (Å²) in [5, 5.41) is 5.27. The molecule has 3 aromatic rings. The van der Waals surface area contributed by atoms with Gasteiger partial charge in [-0.25, -0.2) is 0 Å². The number of thiophene rings is 1. The molecule has 6 heteroatoms. The average Bonchev–Trinajstić information content (AvgIpc) is 3.09. The summed E-state index contributed by atoms with van der Waals surface area (Å²) in [4.78, 5) is 18.1. The van der Waals surface area contributed by atoms with Crippen molar-refractivity contribution in [3.63, 3.8) is 0 Å². The monoisotopic (exact) mass is 358 g/mol. The van der Waals surface area contributed by atoms with Crippen molar-refractivity contribution in [2.45, 2.75) is 6.92 Å². The van der Waals surface area contributed by atoms with Gasteiger partial charge in [0, 0.05) is 5.69 Å². The van der Waals surface area contributed by atoms with Crippen LogP contribution in [-0.4, -0.2) is 18.0 Å². The molecule has 2 aromatic heterocycles. The van der Waals surface area contributed by atoms with Crippen molar-refractivity contribution in [2.24, 2.45) is 0 Å². The summed E-state index contributed by atoms with van der Waals surface area (Å²) in [5.41, 5.74) is 2.68. The summed E-state index contributed by atoms with van der Waals surface area (Å²) in [6.45, 7) is 1.83. The molecule has 0 aliphatic carbocycles. The van der Waals surface area contributed by atoms with Crippen LogP contribution in [0.5, 0.6) is 5.75 Å². The number of aromatic nitrogens is 1. The van der Waals surface area contributed by atoms with Crippen LogP contribution < -0.4 is 10.1 Å². The van der Waals surface area contributed by atoms with Crippen LogP contribution in [0, 0.1) is 6.92 Å². The zero-order chi connectivity index (χ0) is 17.1. The first-order chi connectivity index (χ1) is 11.6. The molecule has 0 unspecified atom stereocenters. The molecule has 3 rings (SSSR count). The number of anilines is 1. The van der Waals surface area contributed by atoms with Gasteiger partial charge in [0.1, 0.15) is 5.75 Å². The summed E-state index contributed by atoms with van der Waals surface area (Å²) in [7, 11) is 1.55. The van der Waals surface area contributed by atoms with Gasteiger partial charge in [0.15, 0.2) is 0 Å². The van der Waals surface area contributed by atoms with Crippen molar-refractivity contribution in [1.29, 1.82) is 0 Å². The minimum Gasteiger partial charge on any atom is -0.495 e. The summed E-state index contributed by atoms with van der Waals surface area (Å²) in [6, 6.07) is 12.7. The molecule has 0 radical (unpaired) electrons. The Morgan fingerprint density at radius 3 is 2.71 bits per heavy atom. The molecule has 2 heterocycles. The van der Waals surface area contributed by atoms with Crippen molar-refractivity contribution >= 4 is 34.5 Å². The van der Waals surface area contributed by atoms with E-state index in [2.05, 4.69) is 10.3 Å². The molecule has 0 aliphatic rings. The van der Waals surface area contributed by atoms with Crippen molar-refractivity contribution in [1.82, 2.24) is 4.98 Å². The highest BCUT2D eigenvalue weighted by Crippen LogP contribution is 2.28.